The summed E-state index contributed by atoms with van der Waals surface area (Å²) in [6.45, 7) is 2.13. The molecule has 3 rings (SSSR count). The summed E-state index contributed by atoms with van der Waals surface area (Å²) in [5.41, 5.74) is 3.98. The zero-order chi connectivity index (χ0) is 14.1. The number of hydrogen-bond acceptors (Lipinski definition) is 1. The molecule has 20 heavy (non-hydrogen) atoms. The molecule has 0 aromatic heterocycles. The normalized spacial score (nSPS) is 16.1. The van der Waals surface area contributed by atoms with Crippen LogP contribution in [0, 0.1) is 5.82 Å². The van der Waals surface area contributed by atoms with E-state index in [4.69, 9.17) is 0 Å². The number of fused-ring (bicyclic) bond motifs is 1. The van der Waals surface area contributed by atoms with Gasteiger partial charge in [-0.1, -0.05) is 46.3 Å². The quantitative estimate of drug-likeness (QED) is 0.877. The third-order valence-electron chi connectivity index (χ3n) is 3.97. The Morgan fingerprint density at radius 3 is 2.40 bits per heavy atom. The van der Waals surface area contributed by atoms with Crippen molar-refractivity contribution in [2.45, 2.75) is 31.8 Å². The molecule has 1 aliphatic rings. The van der Waals surface area contributed by atoms with Gasteiger partial charge in [0, 0.05) is 16.6 Å². The summed E-state index contributed by atoms with van der Waals surface area (Å²) in [5, 5.41) is 3.65. The molecule has 1 atom stereocenters. The van der Waals surface area contributed by atoms with Crippen molar-refractivity contribution in [3.8, 4) is 0 Å². The van der Waals surface area contributed by atoms with Crippen molar-refractivity contribution in [1.82, 2.24) is 5.32 Å². The number of hydrogen-bond donors (Lipinski definition) is 1. The Bertz CT molecular complexity index is 601. The summed E-state index contributed by atoms with van der Waals surface area (Å²) in [4.78, 5) is 0. The van der Waals surface area contributed by atoms with Crippen molar-refractivity contribution in [3.05, 3.63) is 69.4 Å². The van der Waals surface area contributed by atoms with Crippen LogP contribution in [0.3, 0.4) is 0 Å². The zero-order valence-corrected chi connectivity index (χ0v) is 13.0. The van der Waals surface area contributed by atoms with Crippen LogP contribution in [0.5, 0.6) is 0 Å². The average molecular weight is 334 g/mol. The third-order valence-corrected chi connectivity index (χ3v) is 4.65. The van der Waals surface area contributed by atoms with E-state index in [-0.39, 0.29) is 11.9 Å². The molecular weight excluding hydrogens is 317 g/mol. The van der Waals surface area contributed by atoms with E-state index >= 15 is 0 Å². The van der Waals surface area contributed by atoms with Crippen LogP contribution in [-0.2, 0) is 12.8 Å². The van der Waals surface area contributed by atoms with Crippen molar-refractivity contribution in [2.24, 2.45) is 0 Å². The first-order chi connectivity index (χ1) is 9.63. The molecule has 0 aliphatic heterocycles. The Labute approximate surface area is 127 Å². The van der Waals surface area contributed by atoms with Gasteiger partial charge in [-0.3, -0.25) is 0 Å². The van der Waals surface area contributed by atoms with Crippen LogP contribution in [0.15, 0.2) is 46.9 Å². The minimum Gasteiger partial charge on any atom is -0.307 e. The second-order valence-electron chi connectivity index (χ2n) is 5.43. The molecule has 1 aliphatic carbocycles. The molecule has 1 nitrogen and oxygen atoms in total. The first kappa shape index (κ1) is 13.8. The second kappa shape index (κ2) is 5.66. The maximum absolute atomic E-state index is 13.1. The Morgan fingerprint density at radius 1 is 1.15 bits per heavy atom. The van der Waals surface area contributed by atoms with Gasteiger partial charge in [-0.05, 0) is 48.6 Å². The molecule has 0 radical (unpaired) electrons. The lowest BCUT2D eigenvalue weighted by Gasteiger charge is -2.20. The standard InChI is InChI=1S/C17H17BrFN/c1-11(16-7-6-14(19)10-17(16)18)20-15-8-12-4-2-3-5-13(12)9-15/h2-7,10-11,15,20H,8-9H2,1H3. The van der Waals surface area contributed by atoms with Gasteiger partial charge in [0.1, 0.15) is 5.82 Å². The number of rotatable bonds is 3. The SMILES string of the molecule is CC(NC1Cc2ccccc2C1)c1ccc(F)cc1Br. The maximum atomic E-state index is 13.1. The van der Waals surface area contributed by atoms with Gasteiger partial charge in [-0.2, -0.15) is 0 Å². The molecule has 2 aromatic carbocycles. The molecular formula is C17H17BrFN. The smallest absolute Gasteiger partial charge is 0.124 e. The summed E-state index contributed by atoms with van der Waals surface area (Å²) in [5.74, 6) is -0.207. The minimum atomic E-state index is -0.207. The van der Waals surface area contributed by atoms with Crippen LogP contribution >= 0.6 is 15.9 Å². The summed E-state index contributed by atoms with van der Waals surface area (Å²) >= 11 is 3.45. The molecule has 1 unspecified atom stereocenters. The van der Waals surface area contributed by atoms with E-state index in [2.05, 4.69) is 52.4 Å². The van der Waals surface area contributed by atoms with Gasteiger partial charge >= 0.3 is 0 Å². The van der Waals surface area contributed by atoms with E-state index in [0.717, 1.165) is 22.9 Å². The number of benzene rings is 2. The highest BCUT2D eigenvalue weighted by atomic mass is 79.9. The van der Waals surface area contributed by atoms with Crippen LogP contribution in [0.2, 0.25) is 0 Å². The van der Waals surface area contributed by atoms with Crippen molar-refractivity contribution in [1.29, 1.82) is 0 Å². The molecule has 3 heteroatoms. The van der Waals surface area contributed by atoms with Crippen molar-refractivity contribution >= 4 is 15.9 Å². The van der Waals surface area contributed by atoms with Crippen LogP contribution < -0.4 is 5.32 Å². The van der Waals surface area contributed by atoms with E-state index < -0.39 is 0 Å². The van der Waals surface area contributed by atoms with Gasteiger partial charge in [-0.15, -0.1) is 0 Å². The lowest BCUT2D eigenvalue weighted by molar-refractivity contribution is 0.466. The topological polar surface area (TPSA) is 12.0 Å². The molecule has 1 N–H and O–H groups in total. The van der Waals surface area contributed by atoms with E-state index in [0.29, 0.717) is 6.04 Å². The lowest BCUT2D eigenvalue weighted by Crippen LogP contribution is -2.32. The average Bonchev–Trinajstić information content (AvgIpc) is 2.80. The van der Waals surface area contributed by atoms with E-state index in [1.807, 2.05) is 6.07 Å². The van der Waals surface area contributed by atoms with Crippen molar-refractivity contribution in [2.75, 3.05) is 0 Å². The predicted molar refractivity (Wildman–Crippen MR) is 83.3 cm³/mol. The van der Waals surface area contributed by atoms with Crippen LogP contribution in [0.1, 0.15) is 29.7 Å². The molecule has 0 amide bonds. The maximum Gasteiger partial charge on any atom is 0.124 e. The highest BCUT2D eigenvalue weighted by molar-refractivity contribution is 9.10. The van der Waals surface area contributed by atoms with Crippen LogP contribution in [0.4, 0.5) is 4.39 Å². The highest BCUT2D eigenvalue weighted by Crippen LogP contribution is 2.27. The first-order valence-electron chi connectivity index (χ1n) is 6.91. The number of halogens is 2. The fourth-order valence-corrected chi connectivity index (χ4v) is 3.67. The largest absolute Gasteiger partial charge is 0.307 e. The number of nitrogens with one attached hydrogen (secondary N) is 1. The summed E-state index contributed by atoms with van der Waals surface area (Å²) < 4.78 is 14.0. The lowest BCUT2D eigenvalue weighted by atomic mass is 10.1. The van der Waals surface area contributed by atoms with Gasteiger partial charge in [0.15, 0.2) is 0 Å². The van der Waals surface area contributed by atoms with Crippen molar-refractivity contribution < 1.29 is 4.39 Å². The summed E-state index contributed by atoms with van der Waals surface area (Å²) in [7, 11) is 0. The molecule has 0 saturated heterocycles. The van der Waals surface area contributed by atoms with Crippen molar-refractivity contribution in [3.63, 3.8) is 0 Å². The summed E-state index contributed by atoms with van der Waals surface area (Å²) in [6.07, 6.45) is 2.14. The fraction of sp³-hybridized carbons (Fsp3) is 0.294. The van der Waals surface area contributed by atoms with E-state index in [1.165, 1.54) is 23.3 Å². The molecule has 0 heterocycles. The zero-order valence-electron chi connectivity index (χ0n) is 11.4. The molecule has 0 fully saturated rings. The van der Waals surface area contributed by atoms with Gasteiger partial charge in [-0.25, -0.2) is 4.39 Å². The molecule has 0 saturated carbocycles. The molecule has 0 spiro atoms. The van der Waals surface area contributed by atoms with Gasteiger partial charge in [0.05, 0.1) is 0 Å². The fourth-order valence-electron chi connectivity index (χ4n) is 2.97. The third kappa shape index (κ3) is 2.79. The second-order valence-corrected chi connectivity index (χ2v) is 6.28. The molecule has 0 bridgehead atoms. The molecule has 2 aromatic rings. The van der Waals surface area contributed by atoms with Crippen LogP contribution in [0.25, 0.3) is 0 Å². The van der Waals surface area contributed by atoms with Crippen LogP contribution in [-0.4, -0.2) is 6.04 Å². The predicted octanol–water partition coefficient (Wildman–Crippen LogP) is 4.41. The van der Waals surface area contributed by atoms with Gasteiger partial charge in [0.25, 0.3) is 0 Å². The Morgan fingerprint density at radius 2 is 1.80 bits per heavy atom. The Hall–Kier alpha value is -1.19. The first-order valence-corrected chi connectivity index (χ1v) is 7.70. The van der Waals surface area contributed by atoms with Gasteiger partial charge < -0.3 is 5.32 Å². The van der Waals surface area contributed by atoms with E-state index in [9.17, 15) is 4.39 Å². The Balaban J connectivity index is 1.70. The minimum absolute atomic E-state index is 0.198. The van der Waals surface area contributed by atoms with Gasteiger partial charge in [0.2, 0.25) is 0 Å². The monoisotopic (exact) mass is 333 g/mol. The summed E-state index contributed by atoms with van der Waals surface area (Å²) in [6, 6.07) is 14.1. The Kier molecular flexibility index (Phi) is 3.90. The van der Waals surface area contributed by atoms with E-state index in [1.54, 1.807) is 0 Å². The molecule has 104 valence electrons. The highest BCUT2D eigenvalue weighted by Gasteiger charge is 2.23.